The van der Waals surface area contributed by atoms with Gasteiger partial charge in [-0.15, -0.1) is 0 Å². The Hall–Kier alpha value is -2.12. The fourth-order valence-corrected chi connectivity index (χ4v) is 3.09. The summed E-state index contributed by atoms with van der Waals surface area (Å²) in [6.07, 6.45) is 2.33. The van der Waals surface area contributed by atoms with E-state index in [4.69, 9.17) is 4.98 Å². The second-order valence-electron chi connectivity index (χ2n) is 5.45. The smallest absolute Gasteiger partial charge is 0.147 e. The molecule has 1 atom stereocenters. The van der Waals surface area contributed by atoms with Crippen LogP contribution >= 0.6 is 0 Å². The summed E-state index contributed by atoms with van der Waals surface area (Å²) in [4.78, 5) is 7.04. The van der Waals surface area contributed by atoms with Crippen LogP contribution in [0.5, 0.6) is 0 Å². The highest BCUT2D eigenvalue weighted by atomic mass is 15.2. The van der Waals surface area contributed by atoms with Gasteiger partial charge in [-0.05, 0) is 38.4 Å². The minimum atomic E-state index is 0.421. The standard InChI is InChI=1S/C17H20N4/c1-2-21(15-7-5-9-19-12-15)17-14(11-18)10-13-6-3-4-8-16(13)20-17/h3-4,6,8,10,15,19H,2,5,7,9,12H2,1H3. The molecule has 1 unspecified atom stereocenters. The molecule has 0 spiro atoms. The zero-order valence-electron chi connectivity index (χ0n) is 12.3. The van der Waals surface area contributed by atoms with Crippen LogP contribution in [0.1, 0.15) is 25.3 Å². The molecule has 3 rings (SSSR count). The number of benzene rings is 1. The van der Waals surface area contributed by atoms with Crippen LogP contribution in [0.15, 0.2) is 30.3 Å². The first-order chi connectivity index (χ1) is 10.3. The molecule has 21 heavy (non-hydrogen) atoms. The molecule has 1 aromatic heterocycles. The number of nitrogens with one attached hydrogen (secondary N) is 1. The molecule has 108 valence electrons. The fourth-order valence-electron chi connectivity index (χ4n) is 3.09. The van der Waals surface area contributed by atoms with E-state index in [1.807, 2.05) is 30.3 Å². The van der Waals surface area contributed by atoms with Crippen molar-refractivity contribution < 1.29 is 0 Å². The topological polar surface area (TPSA) is 52.0 Å². The molecule has 2 heterocycles. The number of aromatic nitrogens is 1. The first-order valence-electron chi connectivity index (χ1n) is 7.60. The summed E-state index contributed by atoms with van der Waals surface area (Å²) >= 11 is 0. The van der Waals surface area contributed by atoms with Gasteiger partial charge in [0.05, 0.1) is 11.1 Å². The van der Waals surface area contributed by atoms with Gasteiger partial charge < -0.3 is 10.2 Å². The molecule has 4 heteroatoms. The van der Waals surface area contributed by atoms with Gasteiger partial charge in [0, 0.05) is 24.5 Å². The molecule has 1 fully saturated rings. The zero-order chi connectivity index (χ0) is 14.7. The Morgan fingerprint density at radius 1 is 1.43 bits per heavy atom. The Morgan fingerprint density at radius 2 is 2.29 bits per heavy atom. The van der Waals surface area contributed by atoms with Gasteiger partial charge in [-0.1, -0.05) is 18.2 Å². The summed E-state index contributed by atoms with van der Waals surface area (Å²) in [6.45, 7) is 5.05. The number of anilines is 1. The number of piperidine rings is 1. The zero-order valence-corrected chi connectivity index (χ0v) is 12.3. The number of hydrogen-bond acceptors (Lipinski definition) is 4. The molecule has 4 nitrogen and oxygen atoms in total. The number of para-hydroxylation sites is 1. The Morgan fingerprint density at radius 3 is 3.00 bits per heavy atom. The van der Waals surface area contributed by atoms with Crippen LogP contribution < -0.4 is 10.2 Å². The number of likely N-dealkylation sites (N-methyl/N-ethyl adjacent to an activating group) is 1. The summed E-state index contributed by atoms with van der Waals surface area (Å²) in [5.74, 6) is 0.826. The predicted octanol–water partition coefficient (Wildman–Crippen LogP) is 2.68. The first-order valence-corrected chi connectivity index (χ1v) is 7.60. The van der Waals surface area contributed by atoms with E-state index in [1.54, 1.807) is 0 Å². The number of pyridine rings is 1. The van der Waals surface area contributed by atoms with E-state index < -0.39 is 0 Å². The van der Waals surface area contributed by atoms with Gasteiger partial charge in [0.2, 0.25) is 0 Å². The second kappa shape index (κ2) is 6.11. The summed E-state index contributed by atoms with van der Waals surface area (Å²) in [5.41, 5.74) is 1.62. The third kappa shape index (κ3) is 2.70. The summed E-state index contributed by atoms with van der Waals surface area (Å²) in [7, 11) is 0. The van der Waals surface area contributed by atoms with Gasteiger partial charge in [-0.25, -0.2) is 4.98 Å². The van der Waals surface area contributed by atoms with Crippen LogP contribution in [0.4, 0.5) is 5.82 Å². The lowest BCUT2D eigenvalue weighted by Crippen LogP contribution is -2.46. The second-order valence-corrected chi connectivity index (χ2v) is 5.45. The monoisotopic (exact) mass is 280 g/mol. The third-order valence-corrected chi connectivity index (χ3v) is 4.15. The highest BCUT2D eigenvalue weighted by molar-refractivity contribution is 5.83. The third-order valence-electron chi connectivity index (χ3n) is 4.15. The van der Waals surface area contributed by atoms with Gasteiger partial charge in [0.25, 0.3) is 0 Å². The maximum Gasteiger partial charge on any atom is 0.147 e. The maximum absolute atomic E-state index is 9.49. The number of hydrogen-bond donors (Lipinski definition) is 1. The molecule has 0 aliphatic carbocycles. The van der Waals surface area contributed by atoms with Gasteiger partial charge >= 0.3 is 0 Å². The highest BCUT2D eigenvalue weighted by Gasteiger charge is 2.23. The average molecular weight is 280 g/mol. The maximum atomic E-state index is 9.49. The summed E-state index contributed by atoms with van der Waals surface area (Å²) in [5, 5.41) is 14.0. The summed E-state index contributed by atoms with van der Waals surface area (Å²) < 4.78 is 0. The lowest BCUT2D eigenvalue weighted by atomic mass is 10.0. The Kier molecular flexibility index (Phi) is 4.03. The van der Waals surface area contributed by atoms with Crippen molar-refractivity contribution in [2.75, 3.05) is 24.5 Å². The molecule has 0 saturated carbocycles. The molecule has 1 aliphatic rings. The van der Waals surface area contributed by atoms with Crippen molar-refractivity contribution in [3.8, 4) is 6.07 Å². The molecule has 2 aromatic rings. The minimum absolute atomic E-state index is 0.421. The van der Waals surface area contributed by atoms with Gasteiger partial charge in [0.15, 0.2) is 0 Å². The summed E-state index contributed by atoms with van der Waals surface area (Å²) in [6, 6.07) is 12.7. The lowest BCUT2D eigenvalue weighted by Gasteiger charge is -2.35. The predicted molar refractivity (Wildman–Crippen MR) is 85.4 cm³/mol. The van der Waals surface area contributed by atoms with Crippen LogP contribution in [-0.2, 0) is 0 Å². The van der Waals surface area contributed by atoms with E-state index in [-0.39, 0.29) is 0 Å². The van der Waals surface area contributed by atoms with Crippen molar-refractivity contribution >= 4 is 16.7 Å². The Balaban J connectivity index is 2.05. The average Bonchev–Trinajstić information content (AvgIpc) is 2.56. The van der Waals surface area contributed by atoms with Crippen LogP contribution in [0.25, 0.3) is 10.9 Å². The molecule has 1 aliphatic heterocycles. The normalized spacial score (nSPS) is 18.4. The van der Waals surface area contributed by atoms with E-state index in [0.717, 1.165) is 42.8 Å². The number of fused-ring (bicyclic) bond motifs is 1. The van der Waals surface area contributed by atoms with Gasteiger partial charge in [-0.2, -0.15) is 5.26 Å². The van der Waals surface area contributed by atoms with E-state index >= 15 is 0 Å². The first kappa shape index (κ1) is 13.8. The van der Waals surface area contributed by atoms with E-state index in [1.165, 1.54) is 6.42 Å². The molecule has 0 bridgehead atoms. The van der Waals surface area contributed by atoms with E-state index in [0.29, 0.717) is 11.6 Å². The Bertz CT molecular complexity index is 668. The van der Waals surface area contributed by atoms with Crippen molar-refractivity contribution in [3.05, 3.63) is 35.9 Å². The molecular formula is C17H20N4. The molecule has 0 amide bonds. The Labute approximate surface area is 125 Å². The molecule has 1 N–H and O–H groups in total. The SMILES string of the molecule is CCN(c1nc2ccccc2cc1C#N)C1CCCNC1. The molecule has 0 radical (unpaired) electrons. The highest BCUT2D eigenvalue weighted by Crippen LogP contribution is 2.26. The lowest BCUT2D eigenvalue weighted by molar-refractivity contribution is 0.433. The van der Waals surface area contributed by atoms with Crippen molar-refractivity contribution in [1.29, 1.82) is 5.26 Å². The van der Waals surface area contributed by atoms with Crippen molar-refractivity contribution in [3.63, 3.8) is 0 Å². The van der Waals surface area contributed by atoms with Crippen molar-refractivity contribution in [1.82, 2.24) is 10.3 Å². The van der Waals surface area contributed by atoms with Gasteiger partial charge in [-0.3, -0.25) is 0 Å². The number of rotatable bonds is 3. The van der Waals surface area contributed by atoms with Crippen LogP contribution in [0.3, 0.4) is 0 Å². The number of nitrogens with zero attached hydrogens (tertiary/aromatic N) is 3. The fraction of sp³-hybridized carbons (Fsp3) is 0.412. The van der Waals surface area contributed by atoms with Crippen LogP contribution in [-0.4, -0.2) is 30.7 Å². The number of nitriles is 1. The largest absolute Gasteiger partial charge is 0.352 e. The van der Waals surface area contributed by atoms with Crippen LogP contribution in [0.2, 0.25) is 0 Å². The van der Waals surface area contributed by atoms with Gasteiger partial charge in [0.1, 0.15) is 11.9 Å². The van der Waals surface area contributed by atoms with E-state index in [9.17, 15) is 5.26 Å². The minimum Gasteiger partial charge on any atom is -0.352 e. The molecule has 1 aromatic carbocycles. The molecule has 1 saturated heterocycles. The van der Waals surface area contributed by atoms with Crippen molar-refractivity contribution in [2.24, 2.45) is 0 Å². The molecular weight excluding hydrogens is 260 g/mol. The van der Waals surface area contributed by atoms with Crippen LogP contribution in [0, 0.1) is 11.3 Å². The van der Waals surface area contributed by atoms with Crippen molar-refractivity contribution in [2.45, 2.75) is 25.8 Å². The van der Waals surface area contributed by atoms with E-state index in [2.05, 4.69) is 23.2 Å². The quantitative estimate of drug-likeness (QED) is 0.939.